The van der Waals surface area contributed by atoms with Crippen LogP contribution in [0.1, 0.15) is 20.0 Å². The summed E-state index contributed by atoms with van der Waals surface area (Å²) in [5.74, 6) is -0.519. The fraction of sp³-hybridized carbons (Fsp3) is 0.0526. The molecule has 0 saturated heterocycles. The number of hydrogen-bond donors (Lipinski definition) is 3. The molecule has 2 amide bonds. The fourth-order valence-electron chi connectivity index (χ4n) is 2.34. The fourth-order valence-corrected chi connectivity index (χ4v) is 3.53. The minimum atomic E-state index is -3.35. The number of nitrogens with one attached hydrogen (secondary N) is 3. The van der Waals surface area contributed by atoms with Gasteiger partial charge in [0.15, 0.2) is 0 Å². The van der Waals surface area contributed by atoms with E-state index in [0.29, 0.717) is 27.5 Å². The Kier molecular flexibility index (Phi) is 5.76. The number of carbonyl (C=O) groups is 2. The zero-order valence-electron chi connectivity index (χ0n) is 14.8. The molecule has 3 N–H and O–H groups in total. The first-order valence-electron chi connectivity index (χ1n) is 8.14. The van der Waals surface area contributed by atoms with Crippen molar-refractivity contribution in [3.63, 3.8) is 0 Å². The second kappa shape index (κ2) is 8.24. The lowest BCUT2D eigenvalue weighted by Gasteiger charge is -2.08. The van der Waals surface area contributed by atoms with E-state index in [1.54, 1.807) is 60.7 Å². The van der Waals surface area contributed by atoms with E-state index in [4.69, 9.17) is 0 Å². The molecule has 0 radical (unpaired) electrons. The van der Waals surface area contributed by atoms with E-state index in [1.165, 1.54) is 11.3 Å². The molecule has 0 bridgehead atoms. The monoisotopic (exact) mass is 415 g/mol. The van der Waals surface area contributed by atoms with Crippen LogP contribution >= 0.6 is 11.3 Å². The van der Waals surface area contributed by atoms with E-state index in [0.717, 1.165) is 6.26 Å². The van der Waals surface area contributed by atoms with Crippen LogP contribution in [0.2, 0.25) is 0 Å². The average molecular weight is 415 g/mol. The van der Waals surface area contributed by atoms with Crippen molar-refractivity contribution >= 4 is 50.2 Å². The average Bonchev–Trinajstić information content (AvgIpc) is 3.17. The molecule has 1 heterocycles. The van der Waals surface area contributed by atoms with Gasteiger partial charge in [0.05, 0.1) is 11.1 Å². The predicted molar refractivity (Wildman–Crippen MR) is 112 cm³/mol. The van der Waals surface area contributed by atoms with Gasteiger partial charge in [-0.15, -0.1) is 11.3 Å². The smallest absolute Gasteiger partial charge is 0.265 e. The molecule has 0 unspecified atom stereocenters. The highest BCUT2D eigenvalue weighted by Crippen LogP contribution is 2.17. The standard InChI is InChI=1S/C19H17N3O4S2/c1-28(25,26)22-16-10-8-15(9-11-16)20-18(23)13-4-6-14(7-5-13)21-19(24)17-3-2-12-27-17/h2-12,22H,1H3,(H,20,23)(H,21,24). The maximum atomic E-state index is 12.3. The van der Waals surface area contributed by atoms with E-state index in [9.17, 15) is 18.0 Å². The second-order valence-corrected chi connectivity index (χ2v) is 8.61. The molecule has 0 aliphatic rings. The predicted octanol–water partition coefficient (Wildman–Crippen LogP) is 3.62. The molecular formula is C19H17N3O4S2. The molecule has 7 nitrogen and oxygen atoms in total. The molecule has 0 aliphatic heterocycles. The summed E-state index contributed by atoms with van der Waals surface area (Å²) >= 11 is 1.35. The van der Waals surface area contributed by atoms with Crippen LogP contribution in [0.5, 0.6) is 0 Å². The molecule has 3 rings (SSSR count). The van der Waals surface area contributed by atoms with E-state index < -0.39 is 10.0 Å². The second-order valence-electron chi connectivity index (χ2n) is 5.91. The minimum Gasteiger partial charge on any atom is -0.322 e. The van der Waals surface area contributed by atoms with Gasteiger partial charge in [0.2, 0.25) is 10.0 Å². The molecule has 0 fully saturated rings. The normalized spacial score (nSPS) is 10.9. The number of sulfonamides is 1. The molecule has 0 aliphatic carbocycles. The highest BCUT2D eigenvalue weighted by Gasteiger charge is 2.09. The van der Waals surface area contributed by atoms with Crippen LogP contribution in [0.3, 0.4) is 0 Å². The first-order chi connectivity index (χ1) is 13.3. The Morgan fingerprint density at radius 2 is 1.32 bits per heavy atom. The number of rotatable bonds is 6. The van der Waals surface area contributed by atoms with Gasteiger partial charge in [0.25, 0.3) is 11.8 Å². The minimum absolute atomic E-state index is 0.199. The largest absolute Gasteiger partial charge is 0.322 e. The molecule has 144 valence electrons. The van der Waals surface area contributed by atoms with Crippen molar-refractivity contribution in [3.8, 4) is 0 Å². The van der Waals surface area contributed by atoms with E-state index in [-0.39, 0.29) is 11.8 Å². The summed E-state index contributed by atoms with van der Waals surface area (Å²) in [6.45, 7) is 0. The van der Waals surface area contributed by atoms with Gasteiger partial charge in [-0.1, -0.05) is 6.07 Å². The van der Waals surface area contributed by atoms with Crippen LogP contribution in [-0.2, 0) is 10.0 Å². The molecule has 0 atom stereocenters. The van der Waals surface area contributed by atoms with Crippen LogP contribution in [0.4, 0.5) is 17.1 Å². The summed E-state index contributed by atoms with van der Waals surface area (Å²) in [4.78, 5) is 25.0. The van der Waals surface area contributed by atoms with Crippen molar-refractivity contribution in [1.82, 2.24) is 0 Å². The topological polar surface area (TPSA) is 104 Å². The molecule has 1 aromatic heterocycles. The summed E-state index contributed by atoms with van der Waals surface area (Å²) in [5, 5.41) is 7.32. The Labute approximate surface area is 166 Å². The quantitative estimate of drug-likeness (QED) is 0.572. The van der Waals surface area contributed by atoms with Crippen molar-refractivity contribution in [2.45, 2.75) is 0 Å². The zero-order chi connectivity index (χ0) is 20.1. The first-order valence-corrected chi connectivity index (χ1v) is 10.9. The lowest BCUT2D eigenvalue weighted by Crippen LogP contribution is -2.13. The van der Waals surface area contributed by atoms with E-state index >= 15 is 0 Å². The van der Waals surface area contributed by atoms with Crippen LogP contribution in [0.25, 0.3) is 0 Å². The van der Waals surface area contributed by atoms with Gasteiger partial charge in [-0.3, -0.25) is 14.3 Å². The SMILES string of the molecule is CS(=O)(=O)Nc1ccc(NC(=O)c2ccc(NC(=O)c3cccs3)cc2)cc1. The number of amides is 2. The molecule has 28 heavy (non-hydrogen) atoms. The van der Waals surface area contributed by atoms with Crippen LogP contribution in [-0.4, -0.2) is 26.5 Å². The van der Waals surface area contributed by atoms with Crippen molar-refractivity contribution < 1.29 is 18.0 Å². The highest BCUT2D eigenvalue weighted by molar-refractivity contribution is 7.92. The van der Waals surface area contributed by atoms with Crippen molar-refractivity contribution in [3.05, 3.63) is 76.5 Å². The first kappa shape index (κ1) is 19.6. The number of thiophene rings is 1. The molecule has 9 heteroatoms. The van der Waals surface area contributed by atoms with E-state index in [1.807, 2.05) is 5.38 Å². The molecule has 0 spiro atoms. The van der Waals surface area contributed by atoms with Crippen LogP contribution in [0, 0.1) is 0 Å². The number of anilines is 3. The van der Waals surface area contributed by atoms with Crippen LogP contribution in [0.15, 0.2) is 66.0 Å². The molecule has 0 saturated carbocycles. The Morgan fingerprint density at radius 3 is 1.86 bits per heavy atom. The van der Waals surface area contributed by atoms with Crippen LogP contribution < -0.4 is 15.4 Å². The van der Waals surface area contributed by atoms with Gasteiger partial charge >= 0.3 is 0 Å². The van der Waals surface area contributed by atoms with Gasteiger partial charge in [-0.05, 0) is 60.0 Å². The van der Waals surface area contributed by atoms with Gasteiger partial charge in [-0.25, -0.2) is 8.42 Å². The Bertz CT molecular complexity index is 1080. The molecule has 3 aromatic rings. The number of carbonyl (C=O) groups excluding carboxylic acids is 2. The number of hydrogen-bond acceptors (Lipinski definition) is 5. The van der Waals surface area contributed by atoms with E-state index in [2.05, 4.69) is 15.4 Å². The lowest BCUT2D eigenvalue weighted by molar-refractivity contribution is 0.102. The van der Waals surface area contributed by atoms with Gasteiger partial charge in [0.1, 0.15) is 0 Å². The zero-order valence-corrected chi connectivity index (χ0v) is 16.4. The molecular weight excluding hydrogens is 398 g/mol. The summed E-state index contributed by atoms with van der Waals surface area (Å²) < 4.78 is 24.8. The Morgan fingerprint density at radius 1 is 0.786 bits per heavy atom. The third-order valence-electron chi connectivity index (χ3n) is 3.60. The summed E-state index contributed by atoms with van der Waals surface area (Å²) in [6, 6.07) is 16.4. The van der Waals surface area contributed by atoms with Gasteiger partial charge in [-0.2, -0.15) is 0 Å². The highest BCUT2D eigenvalue weighted by atomic mass is 32.2. The van der Waals surface area contributed by atoms with Crippen molar-refractivity contribution in [1.29, 1.82) is 0 Å². The third kappa shape index (κ3) is 5.41. The van der Waals surface area contributed by atoms with Gasteiger partial charge in [0, 0.05) is 22.6 Å². The lowest BCUT2D eigenvalue weighted by atomic mass is 10.2. The Balaban J connectivity index is 1.61. The maximum Gasteiger partial charge on any atom is 0.265 e. The summed E-state index contributed by atoms with van der Waals surface area (Å²) in [7, 11) is -3.35. The molecule has 2 aromatic carbocycles. The maximum absolute atomic E-state index is 12.3. The third-order valence-corrected chi connectivity index (χ3v) is 5.07. The van der Waals surface area contributed by atoms with Crippen molar-refractivity contribution in [2.75, 3.05) is 21.6 Å². The summed E-state index contributed by atoms with van der Waals surface area (Å²) in [5.41, 5.74) is 1.95. The Hall–Kier alpha value is -3.17. The summed E-state index contributed by atoms with van der Waals surface area (Å²) in [6.07, 6.45) is 1.06. The number of benzene rings is 2. The van der Waals surface area contributed by atoms with Crippen molar-refractivity contribution in [2.24, 2.45) is 0 Å². The van der Waals surface area contributed by atoms with Gasteiger partial charge < -0.3 is 10.6 Å².